The minimum Gasteiger partial charge on any atom is -0.326 e. The first-order valence-corrected chi connectivity index (χ1v) is 6.18. The first-order chi connectivity index (χ1) is 6.68. The topological polar surface area (TPSA) is 29.3 Å². The van der Waals surface area contributed by atoms with Gasteiger partial charge in [0.25, 0.3) is 0 Å². The number of likely N-dealkylation sites (tertiary alicyclic amines) is 1. The number of hydrogen-bond donors (Lipinski definition) is 1. The monoisotopic (exact) mass is 196 g/mol. The van der Waals surface area contributed by atoms with Gasteiger partial charge in [-0.3, -0.25) is 4.90 Å². The average Bonchev–Trinajstić information content (AvgIpc) is 2.57. The third kappa shape index (κ3) is 1.96. The largest absolute Gasteiger partial charge is 0.326 e. The van der Waals surface area contributed by atoms with Crippen LogP contribution in [-0.4, -0.2) is 30.1 Å². The summed E-state index contributed by atoms with van der Waals surface area (Å²) in [5, 5.41) is 0. The van der Waals surface area contributed by atoms with Gasteiger partial charge < -0.3 is 5.73 Å². The Kier molecular flexibility index (Phi) is 3.13. The van der Waals surface area contributed by atoms with Crippen LogP contribution in [0.25, 0.3) is 0 Å². The third-order valence-corrected chi connectivity index (χ3v) is 4.37. The Hall–Kier alpha value is -0.0800. The van der Waals surface area contributed by atoms with Gasteiger partial charge in [0, 0.05) is 18.6 Å². The highest BCUT2D eigenvalue weighted by atomic mass is 15.2. The molecule has 0 aromatic heterocycles. The van der Waals surface area contributed by atoms with E-state index in [1.54, 1.807) is 0 Å². The number of nitrogens with zero attached hydrogens (tertiary/aromatic N) is 1. The van der Waals surface area contributed by atoms with Gasteiger partial charge in [-0.2, -0.15) is 0 Å². The molecule has 1 saturated heterocycles. The Morgan fingerprint density at radius 2 is 1.86 bits per heavy atom. The summed E-state index contributed by atoms with van der Waals surface area (Å²) < 4.78 is 0. The molecule has 82 valence electrons. The van der Waals surface area contributed by atoms with Crippen molar-refractivity contribution in [3.63, 3.8) is 0 Å². The van der Waals surface area contributed by atoms with Crippen molar-refractivity contribution in [1.29, 1.82) is 0 Å². The van der Waals surface area contributed by atoms with E-state index in [1.165, 1.54) is 38.8 Å². The van der Waals surface area contributed by atoms with Crippen LogP contribution in [0.1, 0.15) is 39.5 Å². The Balaban J connectivity index is 1.92. The van der Waals surface area contributed by atoms with Crippen molar-refractivity contribution in [3.8, 4) is 0 Å². The van der Waals surface area contributed by atoms with Crippen molar-refractivity contribution in [1.82, 2.24) is 4.90 Å². The zero-order valence-corrected chi connectivity index (χ0v) is 9.58. The summed E-state index contributed by atoms with van der Waals surface area (Å²) in [7, 11) is 0. The highest BCUT2D eigenvalue weighted by Crippen LogP contribution is 2.29. The van der Waals surface area contributed by atoms with Crippen molar-refractivity contribution in [2.24, 2.45) is 17.6 Å². The van der Waals surface area contributed by atoms with Gasteiger partial charge >= 0.3 is 0 Å². The van der Waals surface area contributed by atoms with E-state index in [1.807, 2.05) is 0 Å². The van der Waals surface area contributed by atoms with Crippen molar-refractivity contribution >= 4 is 0 Å². The fraction of sp³-hybridized carbons (Fsp3) is 1.00. The fourth-order valence-corrected chi connectivity index (χ4v) is 3.02. The van der Waals surface area contributed by atoms with Gasteiger partial charge in [-0.1, -0.05) is 20.3 Å². The van der Waals surface area contributed by atoms with Crippen molar-refractivity contribution in [2.75, 3.05) is 13.1 Å². The smallest absolute Gasteiger partial charge is 0.0247 e. The highest BCUT2D eigenvalue weighted by Gasteiger charge is 2.33. The van der Waals surface area contributed by atoms with E-state index in [2.05, 4.69) is 18.7 Å². The second-order valence-electron chi connectivity index (χ2n) is 5.40. The van der Waals surface area contributed by atoms with Crippen molar-refractivity contribution in [3.05, 3.63) is 0 Å². The molecule has 1 aliphatic carbocycles. The first-order valence-electron chi connectivity index (χ1n) is 6.18. The van der Waals surface area contributed by atoms with Gasteiger partial charge in [0.05, 0.1) is 0 Å². The Bertz CT molecular complexity index is 193. The molecule has 1 heterocycles. The molecule has 1 saturated carbocycles. The SMILES string of the molecule is CC1CCN(C2CCCC2N)CC1C. The normalized spacial score (nSPS) is 45.6. The fourth-order valence-electron chi connectivity index (χ4n) is 3.02. The lowest BCUT2D eigenvalue weighted by Gasteiger charge is -2.40. The molecule has 0 aromatic rings. The first kappa shape index (κ1) is 10.4. The second-order valence-corrected chi connectivity index (χ2v) is 5.40. The Morgan fingerprint density at radius 1 is 1.07 bits per heavy atom. The Labute approximate surface area is 87.8 Å². The predicted octanol–water partition coefficient (Wildman–Crippen LogP) is 1.84. The van der Waals surface area contributed by atoms with E-state index in [0.29, 0.717) is 12.1 Å². The lowest BCUT2D eigenvalue weighted by Crippen LogP contribution is -2.49. The summed E-state index contributed by atoms with van der Waals surface area (Å²) in [4.78, 5) is 2.66. The minimum atomic E-state index is 0.454. The number of piperidine rings is 1. The van der Waals surface area contributed by atoms with Crippen molar-refractivity contribution in [2.45, 2.75) is 51.6 Å². The molecule has 2 aliphatic rings. The number of nitrogens with two attached hydrogens (primary N) is 1. The summed E-state index contributed by atoms with van der Waals surface area (Å²) in [6.07, 6.45) is 5.28. The molecule has 0 bridgehead atoms. The zero-order valence-electron chi connectivity index (χ0n) is 9.58. The zero-order chi connectivity index (χ0) is 10.1. The molecule has 2 heteroatoms. The standard InChI is InChI=1S/C12H24N2/c1-9-6-7-14(8-10(9)2)12-5-3-4-11(12)13/h9-12H,3-8,13H2,1-2H3. The van der Waals surface area contributed by atoms with E-state index < -0.39 is 0 Å². The van der Waals surface area contributed by atoms with Crippen LogP contribution in [-0.2, 0) is 0 Å². The molecule has 2 fully saturated rings. The molecule has 4 atom stereocenters. The third-order valence-electron chi connectivity index (χ3n) is 4.37. The highest BCUT2D eigenvalue weighted by molar-refractivity contribution is 4.90. The average molecular weight is 196 g/mol. The van der Waals surface area contributed by atoms with Gasteiger partial charge in [0.2, 0.25) is 0 Å². The summed E-state index contributed by atoms with van der Waals surface area (Å²) in [6, 6.07) is 1.15. The van der Waals surface area contributed by atoms with Crippen LogP contribution in [0.3, 0.4) is 0 Å². The van der Waals surface area contributed by atoms with Crippen LogP contribution >= 0.6 is 0 Å². The molecular weight excluding hydrogens is 172 g/mol. The van der Waals surface area contributed by atoms with Gasteiger partial charge in [0.15, 0.2) is 0 Å². The van der Waals surface area contributed by atoms with Gasteiger partial charge in [-0.15, -0.1) is 0 Å². The number of rotatable bonds is 1. The summed E-state index contributed by atoms with van der Waals surface area (Å²) in [5.74, 6) is 1.76. The van der Waals surface area contributed by atoms with Crippen LogP contribution < -0.4 is 5.73 Å². The van der Waals surface area contributed by atoms with E-state index in [9.17, 15) is 0 Å². The van der Waals surface area contributed by atoms with Crippen LogP contribution in [0.2, 0.25) is 0 Å². The van der Waals surface area contributed by atoms with Gasteiger partial charge in [0.1, 0.15) is 0 Å². The molecular formula is C12H24N2. The van der Waals surface area contributed by atoms with Gasteiger partial charge in [-0.05, 0) is 37.6 Å². The maximum absolute atomic E-state index is 6.15. The lowest BCUT2D eigenvalue weighted by atomic mass is 9.87. The summed E-state index contributed by atoms with van der Waals surface area (Å²) in [6.45, 7) is 7.33. The minimum absolute atomic E-state index is 0.454. The molecule has 4 unspecified atom stereocenters. The second kappa shape index (κ2) is 4.19. The molecule has 2 rings (SSSR count). The van der Waals surface area contributed by atoms with Crippen LogP contribution in [0.5, 0.6) is 0 Å². The number of hydrogen-bond acceptors (Lipinski definition) is 2. The molecule has 2 nitrogen and oxygen atoms in total. The molecule has 2 N–H and O–H groups in total. The van der Waals surface area contributed by atoms with E-state index in [4.69, 9.17) is 5.73 Å². The molecule has 0 aromatic carbocycles. The summed E-state index contributed by atoms with van der Waals surface area (Å²) in [5.41, 5.74) is 6.15. The van der Waals surface area contributed by atoms with Gasteiger partial charge in [-0.25, -0.2) is 0 Å². The predicted molar refractivity (Wildman–Crippen MR) is 60.1 cm³/mol. The Morgan fingerprint density at radius 3 is 2.43 bits per heavy atom. The molecule has 14 heavy (non-hydrogen) atoms. The lowest BCUT2D eigenvalue weighted by molar-refractivity contribution is 0.0910. The summed E-state index contributed by atoms with van der Waals surface area (Å²) >= 11 is 0. The quantitative estimate of drug-likeness (QED) is 0.693. The van der Waals surface area contributed by atoms with E-state index in [-0.39, 0.29) is 0 Å². The van der Waals surface area contributed by atoms with Crippen LogP contribution in [0.15, 0.2) is 0 Å². The van der Waals surface area contributed by atoms with Crippen LogP contribution in [0, 0.1) is 11.8 Å². The molecule has 0 spiro atoms. The molecule has 0 radical (unpaired) electrons. The van der Waals surface area contributed by atoms with Crippen molar-refractivity contribution < 1.29 is 0 Å². The molecule has 0 amide bonds. The van der Waals surface area contributed by atoms with E-state index >= 15 is 0 Å². The maximum Gasteiger partial charge on any atom is 0.0247 e. The van der Waals surface area contributed by atoms with E-state index in [0.717, 1.165) is 11.8 Å². The van der Waals surface area contributed by atoms with Crippen LogP contribution in [0.4, 0.5) is 0 Å². The molecule has 1 aliphatic heterocycles. The maximum atomic E-state index is 6.15.